The van der Waals surface area contributed by atoms with Gasteiger partial charge in [0.15, 0.2) is 0 Å². The maximum Gasteiger partial charge on any atom is 0.296 e. The highest BCUT2D eigenvalue weighted by Gasteiger charge is 2.46. The van der Waals surface area contributed by atoms with Crippen molar-refractivity contribution < 1.29 is 23.8 Å². The number of Topliss-reactive ketones (excluding diaryl/α,β-unsaturated/α-hetero) is 1. The Hall–Kier alpha value is -3.80. The lowest BCUT2D eigenvalue weighted by Gasteiger charge is -2.24. The number of amides is 1. The van der Waals surface area contributed by atoms with E-state index in [0.29, 0.717) is 17.1 Å². The lowest BCUT2D eigenvalue weighted by Crippen LogP contribution is -2.29. The van der Waals surface area contributed by atoms with E-state index in [1.54, 1.807) is 30.3 Å². The summed E-state index contributed by atoms with van der Waals surface area (Å²) in [4.78, 5) is 27.5. The molecule has 1 aromatic heterocycles. The normalized spacial score (nSPS) is 17.9. The third-order valence-corrected chi connectivity index (χ3v) is 5.37. The highest BCUT2D eigenvalue weighted by molar-refractivity contribution is 6.46. The van der Waals surface area contributed by atoms with Crippen LogP contribution in [0.1, 0.15) is 42.3 Å². The molecule has 2 heterocycles. The number of likely N-dealkylation sites (tertiary alicyclic amines) is 1. The molecule has 0 radical (unpaired) electrons. The summed E-state index contributed by atoms with van der Waals surface area (Å²) >= 11 is 0. The fraction of sp³-hybridized carbons (Fsp3) is 0.231. The molecule has 32 heavy (non-hydrogen) atoms. The van der Waals surface area contributed by atoms with Gasteiger partial charge in [0.05, 0.1) is 30.5 Å². The van der Waals surface area contributed by atoms with Crippen molar-refractivity contribution in [3.05, 3.63) is 95.0 Å². The molecular weight excluding hydrogens is 406 g/mol. The van der Waals surface area contributed by atoms with Crippen molar-refractivity contribution in [2.45, 2.75) is 39.5 Å². The number of hydrogen-bond acceptors (Lipinski definition) is 5. The van der Waals surface area contributed by atoms with Gasteiger partial charge < -0.3 is 19.2 Å². The van der Waals surface area contributed by atoms with Crippen molar-refractivity contribution in [1.82, 2.24) is 4.90 Å². The quantitative estimate of drug-likeness (QED) is 0.338. The Balaban J connectivity index is 1.81. The van der Waals surface area contributed by atoms with E-state index >= 15 is 0 Å². The second-order valence-corrected chi connectivity index (χ2v) is 8.06. The van der Waals surface area contributed by atoms with Crippen LogP contribution in [0.3, 0.4) is 0 Å². The molecular formula is C26H25NO5. The number of ether oxygens (including phenoxy) is 1. The van der Waals surface area contributed by atoms with Crippen molar-refractivity contribution in [3.8, 4) is 5.75 Å². The largest absolute Gasteiger partial charge is 0.507 e. The van der Waals surface area contributed by atoms with Gasteiger partial charge in [-0.25, -0.2) is 0 Å². The molecule has 3 aromatic rings. The molecule has 4 rings (SSSR count). The molecule has 1 aliphatic heterocycles. The molecule has 0 spiro atoms. The molecule has 2 aromatic carbocycles. The lowest BCUT2D eigenvalue weighted by molar-refractivity contribution is -0.140. The summed E-state index contributed by atoms with van der Waals surface area (Å²) in [6.45, 7) is 5.87. The molecule has 0 aliphatic carbocycles. The van der Waals surface area contributed by atoms with Crippen LogP contribution in [0.25, 0.3) is 5.76 Å². The van der Waals surface area contributed by atoms with E-state index < -0.39 is 17.7 Å². The van der Waals surface area contributed by atoms with E-state index in [4.69, 9.17) is 9.15 Å². The van der Waals surface area contributed by atoms with Crippen LogP contribution in [0.4, 0.5) is 0 Å². The number of aryl methyl sites for hydroxylation is 1. The number of rotatable bonds is 6. The van der Waals surface area contributed by atoms with Gasteiger partial charge in [-0.05, 0) is 62.2 Å². The van der Waals surface area contributed by atoms with Gasteiger partial charge in [0, 0.05) is 5.56 Å². The second kappa shape index (κ2) is 8.75. The summed E-state index contributed by atoms with van der Waals surface area (Å²) in [5.41, 5.74) is 2.07. The number of carbonyl (C=O) groups excluding carboxylic acids is 2. The molecule has 1 aliphatic rings. The van der Waals surface area contributed by atoms with Gasteiger partial charge in [0.25, 0.3) is 11.7 Å². The molecule has 164 valence electrons. The fourth-order valence-electron chi connectivity index (χ4n) is 3.93. The minimum atomic E-state index is -0.729. The molecule has 1 N–H and O–H groups in total. The number of aliphatic hydroxyl groups excluding tert-OH is 1. The number of hydrogen-bond donors (Lipinski definition) is 1. The average Bonchev–Trinajstić information content (AvgIpc) is 3.37. The summed E-state index contributed by atoms with van der Waals surface area (Å²) in [6, 6.07) is 17.2. The van der Waals surface area contributed by atoms with E-state index in [2.05, 4.69) is 0 Å². The van der Waals surface area contributed by atoms with Gasteiger partial charge in [-0.1, -0.05) is 30.3 Å². The van der Waals surface area contributed by atoms with E-state index in [-0.39, 0.29) is 24.0 Å². The fourth-order valence-corrected chi connectivity index (χ4v) is 3.93. The number of benzene rings is 2. The van der Waals surface area contributed by atoms with Crippen LogP contribution >= 0.6 is 0 Å². The van der Waals surface area contributed by atoms with Crippen molar-refractivity contribution in [2.75, 3.05) is 0 Å². The van der Waals surface area contributed by atoms with Crippen LogP contribution in [0.2, 0.25) is 0 Å². The monoisotopic (exact) mass is 431 g/mol. The van der Waals surface area contributed by atoms with Gasteiger partial charge >= 0.3 is 0 Å². The highest BCUT2D eigenvalue weighted by atomic mass is 16.5. The van der Waals surface area contributed by atoms with E-state index in [1.807, 2.05) is 51.1 Å². The average molecular weight is 431 g/mol. The molecule has 1 saturated heterocycles. The smallest absolute Gasteiger partial charge is 0.296 e. The zero-order valence-electron chi connectivity index (χ0n) is 18.2. The number of aliphatic hydroxyl groups is 1. The molecule has 1 unspecified atom stereocenters. The minimum Gasteiger partial charge on any atom is -0.507 e. The summed E-state index contributed by atoms with van der Waals surface area (Å²) < 4.78 is 11.2. The molecule has 0 saturated carbocycles. The standard InChI is InChI=1S/C26H25NO5/c1-16(2)32-21-12-11-19(14-17(21)3)24(28)22-23(18-8-5-4-6-9-18)27(26(30)25(22)29)15-20-10-7-13-31-20/h4-14,16,23,28H,15H2,1-3H3/b24-22-. The third kappa shape index (κ3) is 4.04. The molecule has 1 atom stereocenters. The van der Waals surface area contributed by atoms with Gasteiger partial charge in [-0.15, -0.1) is 0 Å². The van der Waals surface area contributed by atoms with Gasteiger partial charge in [-0.3, -0.25) is 9.59 Å². The molecule has 6 nitrogen and oxygen atoms in total. The summed E-state index contributed by atoms with van der Waals surface area (Å²) in [5.74, 6) is -0.344. The third-order valence-electron chi connectivity index (χ3n) is 5.37. The lowest BCUT2D eigenvalue weighted by atomic mass is 9.95. The van der Waals surface area contributed by atoms with E-state index in [9.17, 15) is 14.7 Å². The Bertz CT molecular complexity index is 1160. The first kappa shape index (κ1) is 21.4. The predicted octanol–water partition coefficient (Wildman–Crippen LogP) is 5.00. The summed E-state index contributed by atoms with van der Waals surface area (Å²) in [6.07, 6.45) is 1.53. The van der Waals surface area contributed by atoms with Crippen molar-refractivity contribution >= 4 is 17.4 Å². The van der Waals surface area contributed by atoms with Crippen LogP contribution in [-0.2, 0) is 16.1 Å². The van der Waals surface area contributed by atoms with Gasteiger partial charge in [0.2, 0.25) is 0 Å². The summed E-state index contributed by atoms with van der Waals surface area (Å²) in [7, 11) is 0. The number of carbonyl (C=O) groups is 2. The van der Waals surface area contributed by atoms with Crippen LogP contribution in [0.5, 0.6) is 5.75 Å². The van der Waals surface area contributed by atoms with Gasteiger partial charge in [0.1, 0.15) is 17.3 Å². The zero-order chi connectivity index (χ0) is 22.8. The minimum absolute atomic E-state index is 0.0122. The molecule has 1 fully saturated rings. The summed E-state index contributed by atoms with van der Waals surface area (Å²) in [5, 5.41) is 11.2. The Kier molecular flexibility index (Phi) is 5.86. The first-order chi connectivity index (χ1) is 15.4. The highest BCUT2D eigenvalue weighted by Crippen LogP contribution is 2.40. The topological polar surface area (TPSA) is 80.0 Å². The van der Waals surface area contributed by atoms with Crippen LogP contribution in [-0.4, -0.2) is 27.8 Å². The van der Waals surface area contributed by atoms with Crippen molar-refractivity contribution in [1.29, 1.82) is 0 Å². The maximum absolute atomic E-state index is 13.1. The Morgan fingerprint density at radius 2 is 1.84 bits per heavy atom. The number of ketones is 1. The number of nitrogens with zero attached hydrogens (tertiary/aromatic N) is 1. The first-order valence-electron chi connectivity index (χ1n) is 10.5. The van der Waals surface area contributed by atoms with Crippen LogP contribution < -0.4 is 4.74 Å². The molecule has 6 heteroatoms. The van der Waals surface area contributed by atoms with E-state index in [0.717, 1.165) is 11.1 Å². The number of furan rings is 1. The maximum atomic E-state index is 13.1. The Morgan fingerprint density at radius 1 is 1.09 bits per heavy atom. The van der Waals surface area contributed by atoms with Crippen LogP contribution in [0.15, 0.2) is 76.9 Å². The predicted molar refractivity (Wildman–Crippen MR) is 120 cm³/mol. The second-order valence-electron chi connectivity index (χ2n) is 8.06. The molecule has 0 bridgehead atoms. The van der Waals surface area contributed by atoms with Crippen molar-refractivity contribution in [3.63, 3.8) is 0 Å². The SMILES string of the molecule is Cc1cc(/C(O)=C2/C(=O)C(=O)N(Cc3ccco3)C2c2ccccc2)ccc1OC(C)C. The Morgan fingerprint density at radius 3 is 2.47 bits per heavy atom. The van der Waals surface area contributed by atoms with Gasteiger partial charge in [-0.2, -0.15) is 0 Å². The van der Waals surface area contributed by atoms with Crippen LogP contribution in [0, 0.1) is 6.92 Å². The van der Waals surface area contributed by atoms with Crippen molar-refractivity contribution in [2.24, 2.45) is 0 Å². The Labute approximate surface area is 186 Å². The first-order valence-corrected chi connectivity index (χ1v) is 10.5. The molecule has 1 amide bonds. The zero-order valence-corrected chi connectivity index (χ0v) is 18.2. The van der Waals surface area contributed by atoms with E-state index in [1.165, 1.54) is 11.2 Å².